The van der Waals surface area contributed by atoms with Gasteiger partial charge in [0.2, 0.25) is 5.95 Å². The molecule has 0 saturated heterocycles. The summed E-state index contributed by atoms with van der Waals surface area (Å²) in [6, 6.07) is 1.77. The molecule has 366 valence electrons. The maximum atomic E-state index is 11.5. The summed E-state index contributed by atoms with van der Waals surface area (Å²) in [6.07, 6.45) is 13.9. The van der Waals surface area contributed by atoms with Crippen LogP contribution in [0, 0.1) is 0 Å². The molecule has 19 nitrogen and oxygen atoms in total. The van der Waals surface area contributed by atoms with Crippen molar-refractivity contribution in [1.29, 1.82) is 0 Å². The third-order valence-corrected chi connectivity index (χ3v) is 9.60. The summed E-state index contributed by atoms with van der Waals surface area (Å²) in [5.41, 5.74) is 20.1. The SMILES string of the molecule is C.C=C1N=C(N)C=CN1C(C)(C)C.C=C1NC(=O)C(C)=CN1C(C)(C)C.C=C1NC(=O)C=CN1C(C)(C)C.CC(C)(C)n1cnc2c(=O)[nH]c(N)nc21.CC(C)(C)n1cnc2c(N)ccnc21. The molecule has 0 spiro atoms. The molecule has 9 N–H and O–H groups in total. The molecule has 2 amide bonds. The lowest BCUT2D eigenvalue weighted by molar-refractivity contribution is -0.118. The second-order valence-electron chi connectivity index (χ2n) is 20.6. The number of aliphatic imine (C=N–C) groups is 1. The summed E-state index contributed by atoms with van der Waals surface area (Å²) >= 11 is 0. The van der Waals surface area contributed by atoms with Gasteiger partial charge in [0.1, 0.15) is 28.8 Å². The fourth-order valence-corrected chi connectivity index (χ4v) is 6.26. The van der Waals surface area contributed by atoms with E-state index < -0.39 is 0 Å². The van der Waals surface area contributed by atoms with E-state index in [1.54, 1.807) is 44.1 Å². The van der Waals surface area contributed by atoms with E-state index in [0.717, 1.165) is 11.2 Å². The number of pyridine rings is 1. The lowest BCUT2D eigenvalue weighted by Gasteiger charge is -2.38. The average molecular weight is 925 g/mol. The van der Waals surface area contributed by atoms with Crippen molar-refractivity contribution in [3.63, 3.8) is 0 Å². The standard InChI is InChI=1S/C10H14N4.C10H16N2O.C9H13N5O.C9H15N3.C9H14N2O.CH4/c1-10(2,3)14-6-13-8-7(11)4-5-12-9(8)14;1-7-6-12(10(3,4)5)8(2)11-9(7)13;1-9(2,3)14-4-11-5-6(14)12-8(10)13-7(5)15;1-7-11-8(10)5-6-12(7)9(2,3)4;1-7-10-8(12)5-6-11(7)9(2,3)4;/h4-6H,1-3H3,(H2,11,12);6H,2H2,1,3-5H3,(H,11,13);4H,1-3H3,(H3,10,12,13,15);5-6H,1H2,2-4H3,(H2,10,11);5-6H,1H2,2-4H3,(H,10,12);1H4. The second-order valence-corrected chi connectivity index (χ2v) is 20.6. The van der Waals surface area contributed by atoms with E-state index in [0.29, 0.717) is 45.7 Å². The highest BCUT2D eigenvalue weighted by Crippen LogP contribution is 2.25. The van der Waals surface area contributed by atoms with Crippen LogP contribution in [-0.2, 0) is 20.7 Å². The van der Waals surface area contributed by atoms with E-state index in [2.05, 4.69) is 143 Å². The van der Waals surface area contributed by atoms with Gasteiger partial charge in [0.25, 0.3) is 17.4 Å². The molecule has 19 heteroatoms. The van der Waals surface area contributed by atoms with Crippen molar-refractivity contribution in [2.75, 3.05) is 11.5 Å². The average Bonchev–Trinajstić information content (AvgIpc) is 3.79. The highest BCUT2D eigenvalue weighted by molar-refractivity contribution is 5.95. The van der Waals surface area contributed by atoms with Gasteiger partial charge in [-0.2, -0.15) is 4.98 Å². The molecular weight excluding hydrogens is 849 g/mol. The van der Waals surface area contributed by atoms with Crippen LogP contribution in [0.25, 0.3) is 22.3 Å². The van der Waals surface area contributed by atoms with Gasteiger partial charge in [-0.05, 0) is 123 Å². The number of aromatic nitrogens is 7. The molecule has 0 unspecified atom stereocenters. The predicted molar refractivity (Wildman–Crippen MR) is 273 cm³/mol. The van der Waals surface area contributed by atoms with E-state index >= 15 is 0 Å². The largest absolute Gasteiger partial charge is 0.397 e. The van der Waals surface area contributed by atoms with Gasteiger partial charge in [-0.15, -0.1) is 0 Å². The number of anilines is 2. The summed E-state index contributed by atoms with van der Waals surface area (Å²) in [5.74, 6) is 2.42. The number of hydrogen-bond acceptors (Lipinski definition) is 14. The smallest absolute Gasteiger partial charge is 0.280 e. The number of nitrogen functional groups attached to an aromatic ring is 2. The summed E-state index contributed by atoms with van der Waals surface area (Å²) < 4.78 is 3.85. The molecule has 0 bridgehead atoms. The van der Waals surface area contributed by atoms with Crippen molar-refractivity contribution in [3.05, 3.63) is 109 Å². The zero-order chi connectivity index (χ0) is 50.5. The number of H-pyrrole nitrogens is 1. The molecule has 4 aromatic heterocycles. The molecule has 0 radical (unpaired) electrons. The number of nitrogens with zero attached hydrogens (tertiary/aromatic N) is 10. The molecule has 0 fully saturated rings. The first kappa shape index (κ1) is 56.0. The van der Waals surface area contributed by atoms with Gasteiger partial charge in [-0.1, -0.05) is 27.2 Å². The molecule has 0 aliphatic carbocycles. The number of rotatable bonds is 0. The number of amidine groups is 1. The summed E-state index contributed by atoms with van der Waals surface area (Å²) in [5, 5.41) is 5.35. The first-order chi connectivity index (χ1) is 30.0. The highest BCUT2D eigenvalue weighted by Gasteiger charge is 2.27. The topological polar surface area (TPSA) is 253 Å². The Bertz CT molecular complexity index is 2640. The number of nitrogens with two attached hydrogens (primary N) is 3. The molecule has 3 aliphatic heterocycles. The normalized spacial score (nSPS) is 15.3. The van der Waals surface area contributed by atoms with Crippen LogP contribution in [0.4, 0.5) is 11.6 Å². The van der Waals surface area contributed by atoms with Crippen molar-refractivity contribution in [1.82, 2.24) is 59.4 Å². The fourth-order valence-electron chi connectivity index (χ4n) is 6.26. The Morgan fingerprint density at radius 3 is 1.60 bits per heavy atom. The molecule has 4 aromatic rings. The highest BCUT2D eigenvalue weighted by atomic mass is 16.2. The number of hydrogen-bond donors (Lipinski definition) is 6. The summed E-state index contributed by atoms with van der Waals surface area (Å²) in [6.45, 7) is 44.2. The lowest BCUT2D eigenvalue weighted by atomic mass is 10.1. The van der Waals surface area contributed by atoms with Gasteiger partial charge in [0.15, 0.2) is 16.8 Å². The Kier molecular flexibility index (Phi) is 17.5. The quantitative estimate of drug-likeness (QED) is 0.103. The number of fused-ring (bicyclic) bond motifs is 2. The third-order valence-electron chi connectivity index (χ3n) is 9.60. The Hall–Kier alpha value is -7.18. The predicted octanol–water partition coefficient (Wildman–Crippen LogP) is 7.10. The van der Waals surface area contributed by atoms with Gasteiger partial charge in [-0.25, -0.2) is 19.9 Å². The second kappa shape index (κ2) is 21.0. The van der Waals surface area contributed by atoms with Gasteiger partial charge >= 0.3 is 0 Å². The monoisotopic (exact) mass is 925 g/mol. The minimum absolute atomic E-state index is 0. The summed E-state index contributed by atoms with van der Waals surface area (Å²) in [7, 11) is 0. The zero-order valence-electron chi connectivity index (χ0n) is 41.7. The summed E-state index contributed by atoms with van der Waals surface area (Å²) in [4.78, 5) is 62.6. The van der Waals surface area contributed by atoms with E-state index in [1.165, 1.54) is 6.08 Å². The van der Waals surface area contributed by atoms with Crippen LogP contribution in [0.15, 0.2) is 108 Å². The van der Waals surface area contributed by atoms with Crippen molar-refractivity contribution in [3.8, 4) is 0 Å². The van der Waals surface area contributed by atoms with Crippen LogP contribution in [0.2, 0.25) is 0 Å². The number of imidazole rings is 2. The van der Waals surface area contributed by atoms with E-state index in [9.17, 15) is 14.4 Å². The maximum Gasteiger partial charge on any atom is 0.280 e. The van der Waals surface area contributed by atoms with Crippen molar-refractivity contribution >= 4 is 51.6 Å². The maximum absolute atomic E-state index is 11.5. The molecule has 0 atom stereocenters. The minimum Gasteiger partial charge on any atom is -0.397 e. The van der Waals surface area contributed by atoms with Crippen LogP contribution >= 0.6 is 0 Å². The van der Waals surface area contributed by atoms with Gasteiger partial charge in [0.05, 0.1) is 18.3 Å². The van der Waals surface area contributed by atoms with Crippen LogP contribution < -0.4 is 33.4 Å². The van der Waals surface area contributed by atoms with Gasteiger partial charge in [-0.3, -0.25) is 19.4 Å². The molecule has 0 aromatic carbocycles. The van der Waals surface area contributed by atoms with Crippen molar-refractivity contribution < 1.29 is 9.59 Å². The van der Waals surface area contributed by atoms with E-state index in [4.69, 9.17) is 17.2 Å². The Balaban J connectivity index is 0.000000287. The molecule has 67 heavy (non-hydrogen) atoms. The van der Waals surface area contributed by atoms with Crippen LogP contribution in [-0.4, -0.2) is 83.0 Å². The van der Waals surface area contributed by atoms with Crippen molar-refractivity contribution in [2.45, 2.75) is 146 Å². The molecule has 7 rings (SSSR count). The number of carbonyl (C=O) groups is 2. The Morgan fingerprint density at radius 1 is 0.612 bits per heavy atom. The van der Waals surface area contributed by atoms with Crippen LogP contribution in [0.3, 0.4) is 0 Å². The van der Waals surface area contributed by atoms with Crippen LogP contribution in [0.1, 0.15) is 118 Å². The van der Waals surface area contributed by atoms with Crippen molar-refractivity contribution in [2.24, 2.45) is 10.7 Å². The molecule has 7 heterocycles. The first-order valence-corrected chi connectivity index (χ1v) is 21.3. The number of amides is 2. The number of aromatic amines is 1. The number of nitrogens with one attached hydrogen (secondary N) is 3. The van der Waals surface area contributed by atoms with E-state index in [-0.39, 0.29) is 58.4 Å². The molecular formula is C48H76N16O3. The first-order valence-electron chi connectivity index (χ1n) is 21.3. The third kappa shape index (κ3) is 14.9. The zero-order valence-corrected chi connectivity index (χ0v) is 41.7. The van der Waals surface area contributed by atoms with Gasteiger partial charge < -0.3 is 51.7 Å². The van der Waals surface area contributed by atoms with Crippen LogP contribution in [0.5, 0.6) is 0 Å². The lowest BCUT2D eigenvalue weighted by Crippen LogP contribution is -2.46. The fraction of sp³-hybridized carbons (Fsp3) is 0.458. The Morgan fingerprint density at radius 2 is 1.10 bits per heavy atom. The van der Waals surface area contributed by atoms with Gasteiger partial charge in [0, 0.05) is 64.1 Å². The minimum atomic E-state index is -0.305. The molecule has 3 aliphatic rings. The number of carbonyl (C=O) groups excluding carboxylic acids is 2. The Labute approximate surface area is 396 Å². The molecule has 0 saturated carbocycles. The van der Waals surface area contributed by atoms with E-state index in [1.807, 2.05) is 57.0 Å².